The number of nitrogens with one attached hydrogen (secondary N) is 2. The summed E-state index contributed by atoms with van der Waals surface area (Å²) in [5.74, 6) is -0.734. The summed E-state index contributed by atoms with van der Waals surface area (Å²) in [6.45, 7) is 1.08. The van der Waals surface area contributed by atoms with Gasteiger partial charge in [-0.2, -0.15) is 5.10 Å². The van der Waals surface area contributed by atoms with Gasteiger partial charge in [0, 0.05) is 56.2 Å². The smallest absolute Gasteiger partial charge is 0.415 e. The molecule has 1 aliphatic heterocycles. The van der Waals surface area contributed by atoms with Gasteiger partial charge in [0.25, 0.3) is 5.91 Å². The van der Waals surface area contributed by atoms with Gasteiger partial charge in [0.2, 0.25) is 0 Å². The van der Waals surface area contributed by atoms with Crippen LogP contribution in [0, 0.1) is 0 Å². The fraction of sp³-hybridized carbons (Fsp3) is 0.233. The number of likely N-dealkylation sites (tertiary alicyclic amines) is 1. The molecule has 12 nitrogen and oxygen atoms in total. The largest absolute Gasteiger partial charge is 0.480 e. The molecule has 12 heteroatoms. The fourth-order valence-electron chi connectivity index (χ4n) is 4.73. The highest BCUT2D eigenvalue weighted by Gasteiger charge is 2.29. The van der Waals surface area contributed by atoms with E-state index >= 15 is 0 Å². The van der Waals surface area contributed by atoms with E-state index in [4.69, 9.17) is 15.6 Å². The Bertz CT molecular complexity index is 1600. The summed E-state index contributed by atoms with van der Waals surface area (Å²) in [5.41, 5.74) is 10.6. The van der Waals surface area contributed by atoms with Crippen LogP contribution in [-0.2, 0) is 18.4 Å². The van der Waals surface area contributed by atoms with Crippen molar-refractivity contribution in [3.05, 3.63) is 84.3 Å². The number of amides is 2. The number of aryl methyl sites for hydroxylation is 1. The number of carbonyl (C=O) groups is 3. The molecule has 3 heterocycles. The Labute approximate surface area is 242 Å². The van der Waals surface area contributed by atoms with Gasteiger partial charge in [-0.1, -0.05) is 36.4 Å². The lowest BCUT2D eigenvalue weighted by atomic mass is 10.0. The van der Waals surface area contributed by atoms with Crippen LogP contribution in [0.1, 0.15) is 22.3 Å². The van der Waals surface area contributed by atoms with Crippen molar-refractivity contribution in [3.63, 3.8) is 0 Å². The summed E-state index contributed by atoms with van der Waals surface area (Å²) >= 11 is 0. The van der Waals surface area contributed by atoms with Gasteiger partial charge in [-0.05, 0) is 41.3 Å². The van der Waals surface area contributed by atoms with Gasteiger partial charge in [-0.25, -0.2) is 9.78 Å². The van der Waals surface area contributed by atoms with Gasteiger partial charge >= 0.3 is 12.1 Å². The number of rotatable bonds is 9. The summed E-state index contributed by atoms with van der Waals surface area (Å²) in [6, 6.07) is 16.4. The minimum atomic E-state index is -0.905. The number of hydrogen-bond donors (Lipinski definition) is 4. The van der Waals surface area contributed by atoms with Crippen LogP contribution in [0.3, 0.4) is 0 Å². The minimum Gasteiger partial charge on any atom is -0.480 e. The van der Waals surface area contributed by atoms with Crippen LogP contribution in [0.2, 0.25) is 0 Å². The number of benzene rings is 2. The molecule has 0 aliphatic carbocycles. The second kappa shape index (κ2) is 12.5. The third kappa shape index (κ3) is 6.91. The Morgan fingerprint density at radius 1 is 1.05 bits per heavy atom. The molecular weight excluding hydrogens is 538 g/mol. The molecule has 0 saturated carbocycles. The van der Waals surface area contributed by atoms with Gasteiger partial charge in [0.1, 0.15) is 11.6 Å². The van der Waals surface area contributed by atoms with Crippen LogP contribution in [0.25, 0.3) is 22.3 Å². The summed E-state index contributed by atoms with van der Waals surface area (Å²) in [4.78, 5) is 42.4. The number of carboxylic acids is 1. The van der Waals surface area contributed by atoms with Crippen molar-refractivity contribution >= 4 is 23.8 Å². The first-order chi connectivity index (χ1) is 20.2. The zero-order valence-corrected chi connectivity index (χ0v) is 23.0. The van der Waals surface area contributed by atoms with E-state index in [2.05, 4.69) is 20.7 Å². The van der Waals surface area contributed by atoms with Gasteiger partial charge in [-0.3, -0.25) is 14.3 Å². The van der Waals surface area contributed by atoms with Crippen molar-refractivity contribution in [2.45, 2.75) is 19.0 Å². The van der Waals surface area contributed by atoms with E-state index in [0.29, 0.717) is 31.8 Å². The van der Waals surface area contributed by atoms with Crippen molar-refractivity contribution in [2.75, 3.05) is 25.4 Å². The highest BCUT2D eigenvalue weighted by Crippen LogP contribution is 2.26. The summed E-state index contributed by atoms with van der Waals surface area (Å²) in [7, 11) is 1.81. The summed E-state index contributed by atoms with van der Waals surface area (Å²) in [6.07, 6.45) is 5.19. The molecule has 216 valence electrons. The van der Waals surface area contributed by atoms with E-state index in [1.807, 2.05) is 49.6 Å². The minimum absolute atomic E-state index is 0.105. The van der Waals surface area contributed by atoms with Crippen LogP contribution in [-0.4, -0.2) is 68.4 Å². The third-order valence-corrected chi connectivity index (χ3v) is 6.91. The molecule has 0 unspecified atom stereocenters. The predicted molar refractivity (Wildman–Crippen MR) is 156 cm³/mol. The molecule has 42 heavy (non-hydrogen) atoms. The number of aromatic nitrogens is 3. The average molecular weight is 570 g/mol. The maximum absolute atomic E-state index is 13.0. The second-order valence-electron chi connectivity index (χ2n) is 10.1. The topological polar surface area (TPSA) is 165 Å². The van der Waals surface area contributed by atoms with Crippen molar-refractivity contribution < 1.29 is 24.2 Å². The number of aliphatic carboxylic acids is 1. The number of hydrogen-bond acceptors (Lipinski definition) is 8. The molecular formula is C30H31N7O5. The molecule has 1 fully saturated rings. The molecule has 2 aromatic heterocycles. The lowest BCUT2D eigenvalue weighted by molar-refractivity contribution is -0.136. The first-order valence-electron chi connectivity index (χ1n) is 13.4. The molecule has 1 saturated heterocycles. The maximum Gasteiger partial charge on any atom is 0.415 e. The monoisotopic (exact) mass is 569 g/mol. The third-order valence-electron chi connectivity index (χ3n) is 6.91. The lowest BCUT2D eigenvalue weighted by Gasteiger charge is -2.17. The zero-order chi connectivity index (χ0) is 29.6. The second-order valence-corrected chi connectivity index (χ2v) is 10.1. The number of nitrogens with two attached hydrogens (primary N) is 1. The highest BCUT2D eigenvalue weighted by atomic mass is 16.6. The fourth-order valence-corrected chi connectivity index (χ4v) is 4.73. The van der Waals surface area contributed by atoms with E-state index < -0.39 is 12.1 Å². The van der Waals surface area contributed by atoms with Gasteiger partial charge in [0.15, 0.2) is 0 Å². The molecule has 4 aromatic rings. The lowest BCUT2D eigenvalue weighted by Crippen LogP contribution is -2.39. The predicted octanol–water partition coefficient (Wildman–Crippen LogP) is 2.91. The number of ether oxygens (including phenoxy) is 1. The van der Waals surface area contributed by atoms with E-state index in [1.54, 1.807) is 40.2 Å². The van der Waals surface area contributed by atoms with E-state index in [9.17, 15) is 14.4 Å². The quantitative estimate of drug-likeness (QED) is 0.237. The van der Waals surface area contributed by atoms with Crippen LogP contribution in [0.5, 0.6) is 5.75 Å². The Hall–Kier alpha value is -5.23. The standard InChI is InChI=1S/C30H31N7O5/c1-36-17-23(15-34-36)22-12-26(28(31)33-14-22)29(40)35-24-9-10-37(18-24)30(41)42-25-4-2-3-21(11-25)20-7-5-19(6-8-20)13-32-16-27(38)39/h2-8,11-12,14-15,17,24,32H,9-10,13,16,18H2,1H3,(H2,31,33)(H,35,40)(H,38,39)/t24-/m1/s1. The highest BCUT2D eigenvalue weighted by molar-refractivity contribution is 5.99. The first kappa shape index (κ1) is 28.3. The zero-order valence-electron chi connectivity index (χ0n) is 23.0. The normalized spacial score (nSPS) is 14.5. The van der Waals surface area contributed by atoms with Crippen LogP contribution >= 0.6 is 0 Å². The number of nitrogens with zero attached hydrogens (tertiary/aromatic N) is 4. The van der Waals surface area contributed by atoms with Crippen LogP contribution in [0.15, 0.2) is 73.2 Å². The van der Waals surface area contributed by atoms with Gasteiger partial charge in [-0.15, -0.1) is 0 Å². The number of carbonyl (C=O) groups excluding carboxylic acids is 2. The molecule has 0 bridgehead atoms. The van der Waals surface area contributed by atoms with Gasteiger partial charge in [0.05, 0.1) is 18.3 Å². The van der Waals surface area contributed by atoms with Crippen molar-refractivity contribution in [2.24, 2.45) is 7.05 Å². The van der Waals surface area contributed by atoms with Crippen LogP contribution in [0.4, 0.5) is 10.6 Å². The molecule has 0 radical (unpaired) electrons. The maximum atomic E-state index is 13.0. The Kier molecular flexibility index (Phi) is 8.44. The number of anilines is 1. The molecule has 0 spiro atoms. The molecule has 5 rings (SSSR count). The van der Waals surface area contributed by atoms with E-state index in [1.165, 1.54) is 0 Å². The van der Waals surface area contributed by atoms with E-state index in [0.717, 1.165) is 27.8 Å². The Balaban J connectivity index is 1.16. The van der Waals surface area contributed by atoms with Crippen molar-refractivity contribution in [3.8, 4) is 28.0 Å². The summed E-state index contributed by atoms with van der Waals surface area (Å²) < 4.78 is 7.32. The average Bonchev–Trinajstić information content (AvgIpc) is 3.63. The molecule has 1 aliphatic rings. The van der Waals surface area contributed by atoms with E-state index in [-0.39, 0.29) is 29.9 Å². The van der Waals surface area contributed by atoms with Crippen molar-refractivity contribution in [1.82, 2.24) is 30.3 Å². The number of pyridine rings is 1. The molecule has 1 atom stereocenters. The van der Waals surface area contributed by atoms with Gasteiger partial charge < -0.3 is 31.1 Å². The van der Waals surface area contributed by atoms with Crippen LogP contribution < -0.4 is 21.1 Å². The van der Waals surface area contributed by atoms with Crippen molar-refractivity contribution in [1.29, 1.82) is 0 Å². The Morgan fingerprint density at radius 3 is 2.60 bits per heavy atom. The number of nitrogen functional groups attached to an aromatic ring is 1. The molecule has 2 amide bonds. The SMILES string of the molecule is Cn1cc(-c2cnc(N)c(C(=O)N[C@@H]3CCN(C(=O)Oc4cccc(-c5ccc(CNCC(=O)O)cc5)c4)C3)c2)cn1. The summed E-state index contributed by atoms with van der Waals surface area (Å²) in [5, 5.41) is 18.7. The Morgan fingerprint density at radius 2 is 1.86 bits per heavy atom. The molecule has 2 aromatic carbocycles. The first-order valence-corrected chi connectivity index (χ1v) is 13.4. The molecule has 5 N–H and O–H groups in total. The number of carboxylic acid groups (broad SMARTS) is 1.